The van der Waals surface area contributed by atoms with Crippen molar-refractivity contribution in [1.82, 2.24) is 0 Å². The number of hydrogen-bond acceptors (Lipinski definition) is 5. The second-order valence-electron chi connectivity index (χ2n) is 3.51. The normalized spacial score (nSPS) is 11.9. The summed E-state index contributed by atoms with van der Waals surface area (Å²) in [5.74, 6) is -0.904. The Morgan fingerprint density at radius 3 is 2.78 bits per heavy atom. The van der Waals surface area contributed by atoms with Gasteiger partial charge in [-0.2, -0.15) is 0 Å². The molecule has 98 valence electrons. The van der Waals surface area contributed by atoms with Gasteiger partial charge >= 0.3 is 0 Å². The molecule has 1 amide bonds. The molecule has 0 saturated heterocycles. The van der Waals surface area contributed by atoms with Crippen LogP contribution in [0.15, 0.2) is 18.2 Å². The van der Waals surface area contributed by atoms with Crippen LogP contribution in [0.1, 0.15) is 10.4 Å². The fourth-order valence-electron chi connectivity index (χ4n) is 1.38. The number of anilines is 1. The minimum atomic E-state index is -0.912. The van der Waals surface area contributed by atoms with Crippen LogP contribution in [0, 0.1) is 10.1 Å². The van der Waals surface area contributed by atoms with Crippen molar-refractivity contribution in [1.29, 1.82) is 0 Å². The van der Waals surface area contributed by atoms with Gasteiger partial charge in [-0.3, -0.25) is 14.9 Å². The standard InChI is InChI=1S/C10H12ClN3O4/c11-4-6(15)5-13-7-2-1-3-8(14(17)18)9(7)10(12)16/h1-3,6,13,15H,4-5H2,(H2,12,16). The summed E-state index contributed by atoms with van der Waals surface area (Å²) in [7, 11) is 0. The number of nitro groups is 1. The number of amides is 1. The van der Waals surface area contributed by atoms with E-state index in [4.69, 9.17) is 17.3 Å². The topological polar surface area (TPSA) is 118 Å². The van der Waals surface area contributed by atoms with Gasteiger partial charge in [0.15, 0.2) is 0 Å². The number of halogens is 1. The number of nitrogens with one attached hydrogen (secondary N) is 1. The molecule has 0 spiro atoms. The number of carbonyl (C=O) groups is 1. The minimum absolute atomic E-state index is 0.00777. The van der Waals surface area contributed by atoms with Gasteiger partial charge in [-0.1, -0.05) is 6.07 Å². The van der Waals surface area contributed by atoms with Crippen LogP contribution in [-0.2, 0) is 0 Å². The van der Waals surface area contributed by atoms with Crippen LogP contribution >= 0.6 is 11.6 Å². The molecule has 0 radical (unpaired) electrons. The highest BCUT2D eigenvalue weighted by molar-refractivity contribution is 6.18. The molecule has 1 unspecified atom stereocenters. The number of rotatable bonds is 6. The third-order valence-corrected chi connectivity index (χ3v) is 2.55. The molecule has 1 aromatic carbocycles. The molecule has 1 rings (SSSR count). The summed E-state index contributed by atoms with van der Waals surface area (Å²) in [6.45, 7) is 0.0605. The first kappa shape index (κ1) is 14.2. The van der Waals surface area contributed by atoms with E-state index < -0.39 is 16.9 Å². The maximum Gasteiger partial charge on any atom is 0.284 e. The summed E-state index contributed by atoms with van der Waals surface area (Å²) in [5, 5.41) is 22.8. The lowest BCUT2D eigenvalue weighted by atomic mass is 10.1. The fourth-order valence-corrected chi connectivity index (χ4v) is 1.49. The molecule has 4 N–H and O–H groups in total. The van der Waals surface area contributed by atoms with Gasteiger partial charge in [0.1, 0.15) is 5.56 Å². The average Bonchev–Trinajstić information content (AvgIpc) is 2.34. The minimum Gasteiger partial charge on any atom is -0.390 e. The summed E-state index contributed by atoms with van der Waals surface area (Å²) in [4.78, 5) is 21.3. The van der Waals surface area contributed by atoms with E-state index in [1.165, 1.54) is 18.2 Å². The van der Waals surface area contributed by atoms with Crippen LogP contribution in [-0.4, -0.2) is 34.5 Å². The Bertz CT molecular complexity index is 466. The quantitative estimate of drug-likeness (QED) is 0.401. The highest BCUT2D eigenvalue weighted by Crippen LogP contribution is 2.25. The van der Waals surface area contributed by atoms with Crippen molar-refractivity contribution >= 4 is 28.9 Å². The molecule has 0 aromatic heterocycles. The third kappa shape index (κ3) is 3.31. The molecule has 0 fully saturated rings. The van der Waals surface area contributed by atoms with E-state index in [1.807, 2.05) is 0 Å². The Hall–Kier alpha value is -1.86. The van der Waals surface area contributed by atoms with Gasteiger partial charge in [0.25, 0.3) is 11.6 Å². The molecular weight excluding hydrogens is 262 g/mol. The zero-order valence-electron chi connectivity index (χ0n) is 9.30. The van der Waals surface area contributed by atoms with Gasteiger partial charge in [0.05, 0.1) is 22.6 Å². The summed E-state index contributed by atoms with van der Waals surface area (Å²) in [5.41, 5.74) is 4.72. The number of benzene rings is 1. The van der Waals surface area contributed by atoms with E-state index in [0.717, 1.165) is 0 Å². The number of carbonyl (C=O) groups excluding carboxylic acids is 1. The summed E-state index contributed by atoms with van der Waals surface area (Å²) >= 11 is 5.41. The predicted octanol–water partition coefficient (Wildman–Crippen LogP) is 0.705. The molecule has 0 aliphatic carbocycles. The van der Waals surface area contributed by atoms with Crippen LogP contribution in [0.25, 0.3) is 0 Å². The van der Waals surface area contributed by atoms with Crippen molar-refractivity contribution in [3.05, 3.63) is 33.9 Å². The molecule has 0 bridgehead atoms. The van der Waals surface area contributed by atoms with Gasteiger partial charge in [-0.25, -0.2) is 0 Å². The van der Waals surface area contributed by atoms with Crippen LogP contribution in [0.5, 0.6) is 0 Å². The monoisotopic (exact) mass is 273 g/mol. The van der Waals surface area contributed by atoms with Crippen LogP contribution < -0.4 is 11.1 Å². The van der Waals surface area contributed by atoms with Crippen molar-refractivity contribution < 1.29 is 14.8 Å². The second-order valence-corrected chi connectivity index (χ2v) is 3.82. The molecule has 7 nitrogen and oxygen atoms in total. The zero-order valence-corrected chi connectivity index (χ0v) is 10.1. The Labute approximate surface area is 108 Å². The number of nitrogens with two attached hydrogens (primary N) is 1. The Morgan fingerprint density at radius 2 is 2.28 bits per heavy atom. The van der Waals surface area contributed by atoms with E-state index in [-0.39, 0.29) is 29.4 Å². The largest absolute Gasteiger partial charge is 0.390 e. The maximum atomic E-state index is 11.3. The lowest BCUT2D eigenvalue weighted by molar-refractivity contribution is -0.385. The Kier molecular flexibility index (Phi) is 4.87. The SMILES string of the molecule is NC(=O)c1c(NCC(O)CCl)cccc1[N+](=O)[O-]. The summed E-state index contributed by atoms with van der Waals surface area (Å²) < 4.78 is 0. The second kappa shape index (κ2) is 6.18. The third-order valence-electron chi connectivity index (χ3n) is 2.19. The lowest BCUT2D eigenvalue weighted by Gasteiger charge is -2.12. The highest BCUT2D eigenvalue weighted by atomic mass is 35.5. The highest BCUT2D eigenvalue weighted by Gasteiger charge is 2.22. The van der Waals surface area contributed by atoms with Gasteiger partial charge in [-0.15, -0.1) is 11.6 Å². The number of aliphatic hydroxyl groups is 1. The molecule has 1 aromatic rings. The first-order chi connectivity index (χ1) is 8.47. The predicted molar refractivity (Wildman–Crippen MR) is 66.8 cm³/mol. The maximum absolute atomic E-state index is 11.3. The lowest BCUT2D eigenvalue weighted by Crippen LogP contribution is -2.23. The molecule has 1 atom stereocenters. The zero-order chi connectivity index (χ0) is 13.7. The Balaban J connectivity index is 3.07. The van der Waals surface area contributed by atoms with E-state index in [9.17, 15) is 20.0 Å². The first-order valence-electron chi connectivity index (χ1n) is 5.02. The fraction of sp³-hybridized carbons (Fsp3) is 0.300. The van der Waals surface area contributed by atoms with Gasteiger partial charge in [-0.05, 0) is 6.07 Å². The van der Waals surface area contributed by atoms with Gasteiger partial charge in [0.2, 0.25) is 0 Å². The molecule has 0 saturated carbocycles. The molecule has 0 aliphatic rings. The number of nitro benzene ring substituents is 1. The van der Waals surface area contributed by atoms with Gasteiger partial charge in [0, 0.05) is 12.6 Å². The number of primary amides is 1. The van der Waals surface area contributed by atoms with Crippen LogP contribution in [0.2, 0.25) is 0 Å². The van der Waals surface area contributed by atoms with Crippen LogP contribution in [0.4, 0.5) is 11.4 Å². The van der Waals surface area contributed by atoms with Crippen molar-refractivity contribution in [3.63, 3.8) is 0 Å². The molecule has 18 heavy (non-hydrogen) atoms. The first-order valence-corrected chi connectivity index (χ1v) is 5.56. The smallest absolute Gasteiger partial charge is 0.284 e. The van der Waals surface area contributed by atoms with E-state index >= 15 is 0 Å². The molecular formula is C10H12ClN3O4. The number of alkyl halides is 1. The average molecular weight is 274 g/mol. The molecule has 8 heteroatoms. The van der Waals surface area contributed by atoms with E-state index in [0.29, 0.717) is 0 Å². The van der Waals surface area contributed by atoms with Crippen molar-refractivity contribution in [2.24, 2.45) is 5.73 Å². The van der Waals surface area contributed by atoms with Crippen molar-refractivity contribution in [2.45, 2.75) is 6.10 Å². The number of aliphatic hydroxyl groups excluding tert-OH is 1. The molecule has 0 heterocycles. The van der Waals surface area contributed by atoms with E-state index in [1.54, 1.807) is 0 Å². The summed E-state index contributed by atoms with van der Waals surface area (Å²) in [6, 6.07) is 4.07. The molecule has 0 aliphatic heterocycles. The van der Waals surface area contributed by atoms with E-state index in [2.05, 4.69) is 5.32 Å². The van der Waals surface area contributed by atoms with Gasteiger partial charge < -0.3 is 16.2 Å². The Morgan fingerprint density at radius 1 is 1.61 bits per heavy atom. The van der Waals surface area contributed by atoms with Crippen LogP contribution in [0.3, 0.4) is 0 Å². The number of nitrogens with zero attached hydrogens (tertiary/aromatic N) is 1. The van der Waals surface area contributed by atoms with Crippen molar-refractivity contribution in [2.75, 3.05) is 17.7 Å². The summed E-state index contributed by atoms with van der Waals surface area (Å²) in [6.07, 6.45) is -0.827. The number of hydrogen-bond donors (Lipinski definition) is 3. The van der Waals surface area contributed by atoms with Crippen molar-refractivity contribution in [3.8, 4) is 0 Å².